The maximum Gasteiger partial charge on any atom is 0.435 e. The largest absolute Gasteiger partial charge is 0.466 e. The molecule has 1 aromatic rings. The minimum Gasteiger partial charge on any atom is -0.466 e. The van der Waals surface area contributed by atoms with E-state index in [1.54, 1.807) is 6.92 Å². The number of nitrogens with zero attached hydrogens (tertiary/aromatic N) is 2. The minimum absolute atomic E-state index is 0.00546. The summed E-state index contributed by atoms with van der Waals surface area (Å²) in [6.07, 6.45) is -2.81. The van der Waals surface area contributed by atoms with Crippen molar-refractivity contribution in [3.8, 4) is 0 Å². The van der Waals surface area contributed by atoms with Gasteiger partial charge in [0.1, 0.15) is 0 Å². The Morgan fingerprint density at radius 1 is 1.52 bits per heavy atom. The number of alkyl halides is 3. The van der Waals surface area contributed by atoms with Crippen molar-refractivity contribution < 1.29 is 22.7 Å². The van der Waals surface area contributed by atoms with Gasteiger partial charge < -0.3 is 10.5 Å². The molecule has 0 saturated heterocycles. The Morgan fingerprint density at radius 2 is 2.24 bits per heavy atom. The van der Waals surface area contributed by atoms with Crippen LogP contribution in [0.5, 0.6) is 0 Å². The van der Waals surface area contributed by atoms with Gasteiger partial charge >= 0.3 is 12.1 Å². The number of esters is 1. The van der Waals surface area contributed by atoms with Gasteiger partial charge in [0.15, 0.2) is 5.69 Å². The standard InChI is InChI=1S/C13H18F3N3O2/c1-2-21-10(20)6-7-19-9-5-3-4-8(17)11(9)12(18-19)13(14,15)16/h8H,2-7,17H2,1H3. The highest BCUT2D eigenvalue weighted by Crippen LogP contribution is 2.39. The van der Waals surface area contributed by atoms with Crippen LogP contribution in [0, 0.1) is 0 Å². The molecule has 0 spiro atoms. The summed E-state index contributed by atoms with van der Waals surface area (Å²) in [6.45, 7) is 1.99. The number of nitrogens with two attached hydrogens (primary N) is 1. The predicted octanol–water partition coefficient (Wildman–Crippen LogP) is 2.19. The third-order valence-corrected chi connectivity index (χ3v) is 3.50. The Balaban J connectivity index is 2.28. The smallest absolute Gasteiger partial charge is 0.435 e. The molecule has 8 heteroatoms. The number of rotatable bonds is 4. The van der Waals surface area contributed by atoms with Crippen LogP contribution in [0.2, 0.25) is 0 Å². The average molecular weight is 305 g/mol. The van der Waals surface area contributed by atoms with E-state index in [0.717, 1.165) is 6.42 Å². The Kier molecular flexibility index (Phi) is 4.55. The highest BCUT2D eigenvalue weighted by Gasteiger charge is 2.41. The molecule has 0 aromatic carbocycles. The molecule has 1 unspecified atom stereocenters. The van der Waals surface area contributed by atoms with E-state index >= 15 is 0 Å². The second kappa shape index (κ2) is 6.05. The molecule has 1 heterocycles. The van der Waals surface area contributed by atoms with E-state index in [-0.39, 0.29) is 25.1 Å². The number of halogens is 3. The summed E-state index contributed by atoms with van der Waals surface area (Å²) < 4.78 is 45.2. The number of aromatic nitrogens is 2. The summed E-state index contributed by atoms with van der Waals surface area (Å²) in [5.74, 6) is -0.449. The van der Waals surface area contributed by atoms with Gasteiger partial charge in [-0.2, -0.15) is 18.3 Å². The summed E-state index contributed by atoms with van der Waals surface area (Å²) in [5, 5.41) is 3.65. The summed E-state index contributed by atoms with van der Waals surface area (Å²) in [7, 11) is 0. The van der Waals surface area contributed by atoms with Gasteiger partial charge in [-0.3, -0.25) is 9.48 Å². The van der Waals surface area contributed by atoms with Gasteiger partial charge in [0, 0.05) is 17.3 Å². The lowest BCUT2D eigenvalue weighted by Crippen LogP contribution is -2.21. The van der Waals surface area contributed by atoms with Crippen molar-refractivity contribution in [2.75, 3.05) is 6.61 Å². The van der Waals surface area contributed by atoms with E-state index in [2.05, 4.69) is 5.10 Å². The van der Waals surface area contributed by atoms with Gasteiger partial charge in [0.2, 0.25) is 0 Å². The Morgan fingerprint density at radius 3 is 2.86 bits per heavy atom. The maximum atomic E-state index is 13.1. The van der Waals surface area contributed by atoms with Crippen molar-refractivity contribution in [3.63, 3.8) is 0 Å². The molecule has 5 nitrogen and oxygen atoms in total. The third-order valence-electron chi connectivity index (χ3n) is 3.50. The van der Waals surface area contributed by atoms with Gasteiger partial charge in [-0.15, -0.1) is 0 Å². The molecule has 1 aliphatic carbocycles. The van der Waals surface area contributed by atoms with Crippen molar-refractivity contribution in [1.82, 2.24) is 9.78 Å². The molecule has 0 aliphatic heterocycles. The van der Waals surface area contributed by atoms with Crippen molar-refractivity contribution in [2.24, 2.45) is 5.73 Å². The van der Waals surface area contributed by atoms with Crippen molar-refractivity contribution >= 4 is 5.97 Å². The van der Waals surface area contributed by atoms with Gasteiger partial charge in [-0.1, -0.05) is 0 Å². The molecule has 2 N–H and O–H groups in total. The van der Waals surface area contributed by atoms with E-state index < -0.39 is 23.9 Å². The molecule has 0 fully saturated rings. The van der Waals surface area contributed by atoms with Crippen LogP contribution in [0.15, 0.2) is 0 Å². The second-order valence-electron chi connectivity index (χ2n) is 4.98. The topological polar surface area (TPSA) is 70.1 Å². The van der Waals surface area contributed by atoms with Gasteiger partial charge in [0.05, 0.1) is 19.6 Å². The van der Waals surface area contributed by atoms with Crippen LogP contribution in [-0.2, 0) is 28.7 Å². The Bertz CT molecular complexity index is 525. The molecule has 2 rings (SSSR count). The van der Waals surface area contributed by atoms with Crippen LogP contribution >= 0.6 is 0 Å². The number of carbonyl (C=O) groups is 1. The van der Waals surface area contributed by atoms with Gasteiger partial charge in [0.25, 0.3) is 0 Å². The second-order valence-corrected chi connectivity index (χ2v) is 4.98. The van der Waals surface area contributed by atoms with E-state index in [4.69, 9.17) is 10.5 Å². The molecule has 0 saturated carbocycles. The molecule has 0 bridgehead atoms. The normalized spacial score (nSPS) is 18.4. The SMILES string of the molecule is CCOC(=O)CCn1nc(C(F)(F)F)c2c1CCCC2N. The molecule has 118 valence electrons. The Hall–Kier alpha value is -1.57. The van der Waals surface area contributed by atoms with E-state index in [9.17, 15) is 18.0 Å². The number of hydrogen-bond donors (Lipinski definition) is 1. The van der Waals surface area contributed by atoms with Crippen LogP contribution in [0.3, 0.4) is 0 Å². The zero-order chi connectivity index (χ0) is 15.6. The molecular formula is C13H18F3N3O2. The summed E-state index contributed by atoms with van der Waals surface area (Å²) >= 11 is 0. The molecule has 21 heavy (non-hydrogen) atoms. The zero-order valence-electron chi connectivity index (χ0n) is 11.7. The summed E-state index contributed by atoms with van der Waals surface area (Å²) in [4.78, 5) is 11.3. The van der Waals surface area contributed by atoms with Crippen molar-refractivity contribution in [3.05, 3.63) is 17.0 Å². The van der Waals surface area contributed by atoms with E-state index in [0.29, 0.717) is 18.5 Å². The van der Waals surface area contributed by atoms with E-state index in [1.807, 2.05) is 0 Å². The molecule has 0 radical (unpaired) electrons. The Labute approximate surface area is 120 Å². The lowest BCUT2D eigenvalue weighted by atomic mass is 9.91. The predicted molar refractivity (Wildman–Crippen MR) is 68.3 cm³/mol. The lowest BCUT2D eigenvalue weighted by Gasteiger charge is -2.20. The number of aryl methyl sites for hydroxylation is 1. The minimum atomic E-state index is -4.53. The first-order valence-electron chi connectivity index (χ1n) is 6.92. The quantitative estimate of drug-likeness (QED) is 0.866. The maximum absolute atomic E-state index is 13.1. The van der Waals surface area contributed by atoms with Crippen molar-refractivity contribution in [1.29, 1.82) is 0 Å². The number of carbonyl (C=O) groups excluding carboxylic acids is 1. The molecule has 0 amide bonds. The van der Waals surface area contributed by atoms with Crippen molar-refractivity contribution in [2.45, 2.75) is 51.4 Å². The summed E-state index contributed by atoms with van der Waals surface area (Å²) in [6, 6.07) is -0.651. The fourth-order valence-electron chi connectivity index (χ4n) is 2.62. The first kappa shape index (κ1) is 15.8. The monoisotopic (exact) mass is 305 g/mol. The zero-order valence-corrected chi connectivity index (χ0v) is 11.7. The number of hydrogen-bond acceptors (Lipinski definition) is 4. The fraction of sp³-hybridized carbons (Fsp3) is 0.692. The fourth-order valence-corrected chi connectivity index (χ4v) is 2.62. The summed E-state index contributed by atoms with van der Waals surface area (Å²) in [5.41, 5.74) is 5.47. The number of ether oxygens (including phenoxy) is 1. The lowest BCUT2D eigenvalue weighted by molar-refractivity contribution is -0.143. The van der Waals surface area contributed by atoms with Crippen LogP contribution < -0.4 is 5.73 Å². The molecular weight excluding hydrogens is 287 g/mol. The molecule has 1 aromatic heterocycles. The van der Waals surface area contributed by atoms with E-state index in [1.165, 1.54) is 4.68 Å². The first-order valence-corrected chi connectivity index (χ1v) is 6.92. The van der Waals surface area contributed by atoms with Gasteiger partial charge in [-0.25, -0.2) is 0 Å². The highest BCUT2D eigenvalue weighted by atomic mass is 19.4. The average Bonchev–Trinajstić information content (AvgIpc) is 2.77. The van der Waals surface area contributed by atoms with Crippen LogP contribution in [0.1, 0.15) is 49.2 Å². The van der Waals surface area contributed by atoms with Crippen LogP contribution in [-0.4, -0.2) is 22.4 Å². The number of fused-ring (bicyclic) bond motifs is 1. The van der Waals surface area contributed by atoms with Crippen LogP contribution in [0.4, 0.5) is 13.2 Å². The van der Waals surface area contributed by atoms with Crippen LogP contribution in [0.25, 0.3) is 0 Å². The van der Waals surface area contributed by atoms with Gasteiger partial charge in [-0.05, 0) is 26.2 Å². The molecule has 1 aliphatic rings. The first-order chi connectivity index (χ1) is 9.84. The molecule has 1 atom stereocenters. The highest BCUT2D eigenvalue weighted by molar-refractivity contribution is 5.69. The third kappa shape index (κ3) is 3.37.